The lowest BCUT2D eigenvalue weighted by Gasteiger charge is -2.11. The van der Waals surface area contributed by atoms with Crippen LogP contribution in [0.25, 0.3) is 0 Å². The minimum Gasteiger partial charge on any atom is -0.389 e. The molecule has 0 atom stereocenters. The van der Waals surface area contributed by atoms with Crippen LogP contribution in [-0.2, 0) is 0 Å². The van der Waals surface area contributed by atoms with Crippen molar-refractivity contribution >= 4 is 28.8 Å². The molecule has 2 aromatic rings. The Morgan fingerprint density at radius 1 is 1.19 bits per heavy atom. The lowest BCUT2D eigenvalue weighted by Crippen LogP contribution is -2.19. The van der Waals surface area contributed by atoms with Crippen LogP contribution in [0.2, 0.25) is 0 Å². The van der Waals surface area contributed by atoms with E-state index in [4.69, 9.17) is 18.0 Å². The Hall–Kier alpha value is -2.34. The summed E-state index contributed by atoms with van der Waals surface area (Å²) in [5.74, 6) is -1.79. The molecule has 0 spiro atoms. The number of benzene rings is 2. The molecule has 6 heteroatoms. The second kappa shape index (κ2) is 5.97. The van der Waals surface area contributed by atoms with Gasteiger partial charge in [-0.25, -0.2) is 8.78 Å². The fourth-order valence-electron chi connectivity index (χ4n) is 1.84. The Morgan fingerprint density at radius 2 is 1.90 bits per heavy atom. The molecule has 0 saturated carbocycles. The van der Waals surface area contributed by atoms with Gasteiger partial charge in [-0.1, -0.05) is 24.4 Å². The highest BCUT2D eigenvalue weighted by atomic mass is 32.1. The number of thiocarbonyl (C=S) groups is 1. The van der Waals surface area contributed by atoms with Crippen molar-refractivity contribution < 1.29 is 13.6 Å². The molecule has 108 valence electrons. The van der Waals surface area contributed by atoms with E-state index in [0.29, 0.717) is 5.56 Å². The third-order valence-corrected chi connectivity index (χ3v) is 3.15. The van der Waals surface area contributed by atoms with Gasteiger partial charge in [0.1, 0.15) is 16.6 Å². The summed E-state index contributed by atoms with van der Waals surface area (Å²) in [4.78, 5) is 12.1. The van der Waals surface area contributed by atoms with Crippen molar-refractivity contribution in [2.45, 2.75) is 6.92 Å². The minimum absolute atomic E-state index is 0.0606. The Morgan fingerprint density at radius 3 is 2.57 bits per heavy atom. The summed E-state index contributed by atoms with van der Waals surface area (Å²) in [6.45, 7) is 1.56. The molecule has 0 fully saturated rings. The van der Waals surface area contributed by atoms with Crippen LogP contribution in [0.5, 0.6) is 0 Å². The van der Waals surface area contributed by atoms with Crippen molar-refractivity contribution in [1.82, 2.24) is 0 Å². The maximum absolute atomic E-state index is 13.9. The lowest BCUT2D eigenvalue weighted by molar-refractivity contribution is 0.102. The van der Waals surface area contributed by atoms with Crippen molar-refractivity contribution in [1.29, 1.82) is 0 Å². The molecule has 0 unspecified atom stereocenters. The first-order valence-corrected chi connectivity index (χ1v) is 6.47. The van der Waals surface area contributed by atoms with Gasteiger partial charge in [0.05, 0.1) is 11.3 Å². The zero-order valence-corrected chi connectivity index (χ0v) is 11.9. The molecule has 2 rings (SSSR count). The minimum atomic E-state index is -0.652. The average molecular weight is 306 g/mol. The third-order valence-electron chi connectivity index (χ3n) is 2.93. The van der Waals surface area contributed by atoms with E-state index in [-0.39, 0.29) is 21.8 Å². The highest BCUT2D eigenvalue weighted by Crippen LogP contribution is 2.19. The SMILES string of the molecule is Cc1cccc(C(=O)Nc2ccc(F)cc2C(N)=S)c1F. The molecule has 0 aliphatic carbocycles. The molecular formula is C15H12F2N2OS. The van der Waals surface area contributed by atoms with Crippen LogP contribution in [0.1, 0.15) is 21.5 Å². The highest BCUT2D eigenvalue weighted by molar-refractivity contribution is 7.80. The maximum Gasteiger partial charge on any atom is 0.258 e. The normalized spacial score (nSPS) is 10.2. The van der Waals surface area contributed by atoms with Gasteiger partial charge in [0.25, 0.3) is 5.91 Å². The maximum atomic E-state index is 13.9. The average Bonchev–Trinajstić information content (AvgIpc) is 2.43. The Bertz CT molecular complexity index is 732. The van der Waals surface area contributed by atoms with Crippen LogP contribution in [-0.4, -0.2) is 10.9 Å². The van der Waals surface area contributed by atoms with E-state index in [2.05, 4.69) is 5.32 Å². The molecule has 3 N–H and O–H groups in total. The molecule has 0 aliphatic rings. The third kappa shape index (κ3) is 3.22. The van der Waals surface area contributed by atoms with Gasteiger partial charge >= 0.3 is 0 Å². The predicted molar refractivity (Wildman–Crippen MR) is 81.4 cm³/mol. The predicted octanol–water partition coefficient (Wildman–Crippen LogP) is 3.16. The largest absolute Gasteiger partial charge is 0.389 e. The quantitative estimate of drug-likeness (QED) is 0.857. The smallest absolute Gasteiger partial charge is 0.258 e. The van der Waals surface area contributed by atoms with E-state index in [1.807, 2.05) is 0 Å². The summed E-state index contributed by atoms with van der Waals surface area (Å²) in [5.41, 5.74) is 6.16. The lowest BCUT2D eigenvalue weighted by atomic mass is 10.1. The molecule has 1 amide bonds. The van der Waals surface area contributed by atoms with Crippen LogP contribution in [0.4, 0.5) is 14.5 Å². The number of hydrogen-bond acceptors (Lipinski definition) is 2. The molecule has 0 heterocycles. The van der Waals surface area contributed by atoms with Gasteiger partial charge in [0, 0.05) is 5.56 Å². The summed E-state index contributed by atoms with van der Waals surface area (Å²) in [5, 5.41) is 2.49. The fourth-order valence-corrected chi connectivity index (χ4v) is 2.01. The molecule has 3 nitrogen and oxygen atoms in total. The first kappa shape index (κ1) is 15.1. The van der Waals surface area contributed by atoms with Gasteiger partial charge in [-0.05, 0) is 36.8 Å². The molecule has 0 aliphatic heterocycles. The van der Waals surface area contributed by atoms with Crippen molar-refractivity contribution in [3.05, 3.63) is 64.7 Å². The van der Waals surface area contributed by atoms with E-state index in [9.17, 15) is 13.6 Å². The second-order valence-electron chi connectivity index (χ2n) is 4.44. The van der Waals surface area contributed by atoms with Crippen LogP contribution in [0, 0.1) is 18.6 Å². The first-order valence-electron chi connectivity index (χ1n) is 6.06. The summed E-state index contributed by atoms with van der Waals surface area (Å²) >= 11 is 4.81. The Balaban J connectivity index is 2.36. The number of nitrogens with two attached hydrogens (primary N) is 1. The number of halogens is 2. The Labute approximate surface area is 125 Å². The monoisotopic (exact) mass is 306 g/mol. The van der Waals surface area contributed by atoms with Gasteiger partial charge in [0.15, 0.2) is 0 Å². The summed E-state index contributed by atoms with van der Waals surface area (Å²) < 4.78 is 27.1. The van der Waals surface area contributed by atoms with Gasteiger partial charge in [-0.15, -0.1) is 0 Å². The number of rotatable bonds is 3. The van der Waals surface area contributed by atoms with Crippen LogP contribution < -0.4 is 11.1 Å². The topological polar surface area (TPSA) is 55.1 Å². The first-order chi connectivity index (χ1) is 9.90. The van der Waals surface area contributed by atoms with E-state index < -0.39 is 17.5 Å². The van der Waals surface area contributed by atoms with Gasteiger partial charge in [-0.2, -0.15) is 0 Å². The number of hydrogen-bond donors (Lipinski definition) is 2. The Kier molecular flexibility index (Phi) is 4.28. The van der Waals surface area contributed by atoms with E-state index >= 15 is 0 Å². The zero-order chi connectivity index (χ0) is 15.6. The number of nitrogens with one attached hydrogen (secondary N) is 1. The van der Waals surface area contributed by atoms with E-state index in [0.717, 1.165) is 12.1 Å². The van der Waals surface area contributed by atoms with Crippen molar-refractivity contribution in [2.24, 2.45) is 5.73 Å². The second-order valence-corrected chi connectivity index (χ2v) is 4.88. The van der Waals surface area contributed by atoms with Crippen molar-refractivity contribution in [3.8, 4) is 0 Å². The zero-order valence-electron chi connectivity index (χ0n) is 11.1. The van der Waals surface area contributed by atoms with Crippen molar-refractivity contribution in [2.75, 3.05) is 5.32 Å². The van der Waals surface area contributed by atoms with Crippen LogP contribution in [0.15, 0.2) is 36.4 Å². The van der Waals surface area contributed by atoms with Crippen LogP contribution >= 0.6 is 12.2 Å². The molecular weight excluding hydrogens is 294 g/mol. The standard InChI is InChI=1S/C15H12F2N2OS/c1-8-3-2-4-10(13(8)17)15(20)19-12-6-5-9(16)7-11(12)14(18)21/h2-7H,1H3,(H2,18,21)(H,19,20). The summed E-state index contributed by atoms with van der Waals surface area (Å²) in [6.07, 6.45) is 0. The number of amides is 1. The molecule has 0 aromatic heterocycles. The van der Waals surface area contributed by atoms with Gasteiger partial charge in [0.2, 0.25) is 0 Å². The fraction of sp³-hybridized carbons (Fsp3) is 0.0667. The molecule has 0 bridgehead atoms. The van der Waals surface area contributed by atoms with E-state index in [1.54, 1.807) is 19.1 Å². The van der Waals surface area contributed by atoms with Gasteiger partial charge < -0.3 is 11.1 Å². The molecule has 0 radical (unpaired) electrons. The number of carbonyl (C=O) groups excluding carboxylic acids is 1. The van der Waals surface area contributed by atoms with Crippen molar-refractivity contribution in [3.63, 3.8) is 0 Å². The molecule has 21 heavy (non-hydrogen) atoms. The highest BCUT2D eigenvalue weighted by Gasteiger charge is 2.15. The van der Waals surface area contributed by atoms with Gasteiger partial charge in [-0.3, -0.25) is 4.79 Å². The molecule has 0 saturated heterocycles. The summed E-state index contributed by atoms with van der Waals surface area (Å²) in [6, 6.07) is 8.10. The number of carbonyl (C=O) groups is 1. The van der Waals surface area contributed by atoms with Crippen LogP contribution in [0.3, 0.4) is 0 Å². The van der Waals surface area contributed by atoms with E-state index in [1.165, 1.54) is 12.1 Å². The molecule has 2 aromatic carbocycles. The number of anilines is 1. The summed E-state index contributed by atoms with van der Waals surface area (Å²) in [7, 11) is 0. The number of aryl methyl sites for hydroxylation is 1.